The number of aromatic nitrogens is 2. The van der Waals surface area contributed by atoms with Gasteiger partial charge in [-0.3, -0.25) is 0 Å². The Morgan fingerprint density at radius 1 is 1.27 bits per heavy atom. The molecule has 78 valence electrons. The molecule has 1 aromatic heterocycles. The first kappa shape index (κ1) is 10.2. The van der Waals surface area contributed by atoms with E-state index in [1.165, 1.54) is 0 Å². The van der Waals surface area contributed by atoms with E-state index in [0.717, 1.165) is 27.2 Å². The van der Waals surface area contributed by atoms with E-state index < -0.39 is 0 Å². The molecule has 0 amide bonds. The molecule has 0 spiro atoms. The smallest absolute Gasteiger partial charge is 0.0889 e. The number of halogens is 1. The molecule has 2 N–H and O–H groups in total. The normalized spacial score (nSPS) is 10.6. The van der Waals surface area contributed by atoms with Crippen LogP contribution in [0.25, 0.3) is 5.69 Å². The lowest BCUT2D eigenvalue weighted by Crippen LogP contribution is -2.03. The number of aryl methyl sites for hydroxylation is 2. The molecule has 1 aromatic carbocycles. The quantitative estimate of drug-likeness (QED) is 0.806. The van der Waals surface area contributed by atoms with Crippen LogP contribution < -0.4 is 5.73 Å². The van der Waals surface area contributed by atoms with Gasteiger partial charge < -0.3 is 5.73 Å². The largest absolute Gasteiger partial charge is 0.397 e. The lowest BCUT2D eigenvalue weighted by atomic mass is 10.2. The molecule has 4 heteroatoms. The minimum Gasteiger partial charge on any atom is -0.397 e. The van der Waals surface area contributed by atoms with Crippen LogP contribution in [0.2, 0.25) is 0 Å². The molecule has 1 heterocycles. The first-order valence-electron chi connectivity index (χ1n) is 4.66. The molecule has 0 radical (unpaired) electrons. The molecule has 0 atom stereocenters. The van der Waals surface area contributed by atoms with E-state index in [4.69, 9.17) is 5.73 Å². The van der Waals surface area contributed by atoms with Gasteiger partial charge in [0, 0.05) is 10.2 Å². The first-order chi connectivity index (χ1) is 7.08. The van der Waals surface area contributed by atoms with Crippen LogP contribution in [0, 0.1) is 13.8 Å². The van der Waals surface area contributed by atoms with E-state index >= 15 is 0 Å². The lowest BCUT2D eigenvalue weighted by molar-refractivity contribution is 0.835. The Balaban J connectivity index is 2.62. The topological polar surface area (TPSA) is 43.8 Å². The Kier molecular flexibility index (Phi) is 2.52. The average molecular weight is 266 g/mol. The molecule has 0 aliphatic heterocycles. The van der Waals surface area contributed by atoms with Crippen molar-refractivity contribution in [2.75, 3.05) is 5.73 Å². The molecule has 15 heavy (non-hydrogen) atoms. The molecule has 0 saturated heterocycles. The number of rotatable bonds is 1. The predicted octanol–water partition coefficient (Wildman–Crippen LogP) is 2.83. The van der Waals surface area contributed by atoms with Crippen LogP contribution in [0.1, 0.15) is 11.4 Å². The monoisotopic (exact) mass is 265 g/mol. The van der Waals surface area contributed by atoms with Gasteiger partial charge in [0.05, 0.1) is 17.1 Å². The highest BCUT2D eigenvalue weighted by atomic mass is 79.9. The Labute approximate surface area is 97.0 Å². The number of nitrogen functional groups attached to an aromatic ring is 1. The molecule has 0 fully saturated rings. The number of anilines is 1. The van der Waals surface area contributed by atoms with Crippen molar-refractivity contribution >= 4 is 21.6 Å². The Bertz CT molecular complexity index is 503. The molecular formula is C11H12BrN3. The fourth-order valence-electron chi connectivity index (χ4n) is 1.57. The highest BCUT2D eigenvalue weighted by Crippen LogP contribution is 2.23. The van der Waals surface area contributed by atoms with Gasteiger partial charge in [-0.05, 0) is 38.1 Å². The molecule has 0 unspecified atom stereocenters. The summed E-state index contributed by atoms with van der Waals surface area (Å²) < 4.78 is 2.86. The summed E-state index contributed by atoms with van der Waals surface area (Å²) in [6.07, 6.45) is 0. The Morgan fingerprint density at radius 2 is 2.00 bits per heavy atom. The van der Waals surface area contributed by atoms with Crippen LogP contribution in [-0.4, -0.2) is 9.78 Å². The third-order valence-corrected chi connectivity index (χ3v) is 2.72. The second-order valence-electron chi connectivity index (χ2n) is 3.54. The second-order valence-corrected chi connectivity index (χ2v) is 4.46. The molecule has 0 bridgehead atoms. The fraction of sp³-hybridized carbons (Fsp3) is 0.182. The predicted molar refractivity (Wildman–Crippen MR) is 65.2 cm³/mol. The zero-order valence-electron chi connectivity index (χ0n) is 8.66. The van der Waals surface area contributed by atoms with Gasteiger partial charge in [0.1, 0.15) is 0 Å². The summed E-state index contributed by atoms with van der Waals surface area (Å²) in [5, 5.41) is 4.40. The van der Waals surface area contributed by atoms with E-state index in [1.54, 1.807) is 0 Å². The molecule has 0 aliphatic carbocycles. The second kappa shape index (κ2) is 3.70. The van der Waals surface area contributed by atoms with Crippen LogP contribution in [0.4, 0.5) is 5.69 Å². The molecule has 0 saturated carbocycles. The van der Waals surface area contributed by atoms with Gasteiger partial charge in [0.25, 0.3) is 0 Å². The number of nitrogens with zero attached hydrogens (tertiary/aromatic N) is 2. The standard InChI is InChI=1S/C11H12BrN3/c1-7-5-8(2)15(14-7)11-6-9(12)3-4-10(11)13/h3-6H,13H2,1-2H3. The van der Waals surface area contributed by atoms with Crippen LogP contribution >= 0.6 is 15.9 Å². The first-order valence-corrected chi connectivity index (χ1v) is 5.46. The maximum Gasteiger partial charge on any atom is 0.0889 e. The summed E-state index contributed by atoms with van der Waals surface area (Å²) in [5.74, 6) is 0. The maximum absolute atomic E-state index is 5.92. The van der Waals surface area contributed by atoms with Crippen molar-refractivity contribution in [2.45, 2.75) is 13.8 Å². The summed E-state index contributed by atoms with van der Waals surface area (Å²) in [6, 6.07) is 7.79. The molecule has 2 aromatic rings. The number of nitrogens with two attached hydrogens (primary N) is 1. The van der Waals surface area contributed by atoms with E-state index in [2.05, 4.69) is 21.0 Å². The Morgan fingerprint density at radius 3 is 2.60 bits per heavy atom. The minimum atomic E-state index is 0.726. The third kappa shape index (κ3) is 1.90. The van der Waals surface area contributed by atoms with Crippen molar-refractivity contribution in [3.8, 4) is 5.69 Å². The summed E-state index contributed by atoms with van der Waals surface area (Å²) >= 11 is 3.43. The molecular weight excluding hydrogens is 254 g/mol. The van der Waals surface area contributed by atoms with Crippen molar-refractivity contribution < 1.29 is 0 Å². The summed E-state index contributed by atoms with van der Waals surface area (Å²) in [6.45, 7) is 3.98. The third-order valence-electron chi connectivity index (χ3n) is 2.23. The van der Waals surface area contributed by atoms with Crippen LogP contribution in [-0.2, 0) is 0 Å². The van der Waals surface area contributed by atoms with Gasteiger partial charge in [-0.2, -0.15) is 5.10 Å². The van der Waals surface area contributed by atoms with Gasteiger partial charge in [0.15, 0.2) is 0 Å². The van der Waals surface area contributed by atoms with Gasteiger partial charge in [0.2, 0.25) is 0 Å². The van der Waals surface area contributed by atoms with Crippen LogP contribution in [0.15, 0.2) is 28.7 Å². The highest BCUT2D eigenvalue weighted by molar-refractivity contribution is 9.10. The van der Waals surface area contributed by atoms with E-state index in [0.29, 0.717) is 0 Å². The Hall–Kier alpha value is -1.29. The van der Waals surface area contributed by atoms with Gasteiger partial charge in [-0.25, -0.2) is 4.68 Å². The molecule has 2 rings (SSSR count). The molecule has 3 nitrogen and oxygen atoms in total. The van der Waals surface area contributed by atoms with Crippen LogP contribution in [0.5, 0.6) is 0 Å². The van der Waals surface area contributed by atoms with Crippen molar-refractivity contribution in [3.63, 3.8) is 0 Å². The molecule has 0 aliphatic rings. The number of hydrogen-bond acceptors (Lipinski definition) is 2. The SMILES string of the molecule is Cc1cc(C)n(-c2cc(Br)ccc2N)n1. The zero-order valence-corrected chi connectivity index (χ0v) is 10.2. The van der Waals surface area contributed by atoms with Crippen molar-refractivity contribution in [1.82, 2.24) is 9.78 Å². The van der Waals surface area contributed by atoms with Gasteiger partial charge in [-0.15, -0.1) is 0 Å². The zero-order chi connectivity index (χ0) is 11.0. The maximum atomic E-state index is 5.92. The minimum absolute atomic E-state index is 0.726. The number of benzene rings is 1. The van der Waals surface area contributed by atoms with Crippen molar-refractivity contribution in [1.29, 1.82) is 0 Å². The van der Waals surface area contributed by atoms with Crippen molar-refractivity contribution in [2.24, 2.45) is 0 Å². The average Bonchev–Trinajstić information content (AvgIpc) is 2.50. The van der Waals surface area contributed by atoms with Crippen molar-refractivity contribution in [3.05, 3.63) is 40.1 Å². The van der Waals surface area contributed by atoms with E-state index in [9.17, 15) is 0 Å². The number of hydrogen-bond donors (Lipinski definition) is 1. The van der Waals surface area contributed by atoms with E-state index in [-0.39, 0.29) is 0 Å². The van der Waals surface area contributed by atoms with E-state index in [1.807, 2.05) is 42.8 Å². The van der Waals surface area contributed by atoms with Gasteiger partial charge in [-0.1, -0.05) is 15.9 Å². The van der Waals surface area contributed by atoms with Crippen LogP contribution in [0.3, 0.4) is 0 Å². The summed E-state index contributed by atoms with van der Waals surface area (Å²) in [7, 11) is 0. The lowest BCUT2D eigenvalue weighted by Gasteiger charge is -2.08. The fourth-order valence-corrected chi connectivity index (χ4v) is 1.92. The highest BCUT2D eigenvalue weighted by Gasteiger charge is 2.07. The summed E-state index contributed by atoms with van der Waals surface area (Å²) in [5.41, 5.74) is 9.63. The summed E-state index contributed by atoms with van der Waals surface area (Å²) in [4.78, 5) is 0. The van der Waals surface area contributed by atoms with Gasteiger partial charge >= 0.3 is 0 Å².